The van der Waals surface area contributed by atoms with E-state index in [4.69, 9.17) is 5.73 Å². The third-order valence-corrected chi connectivity index (χ3v) is 14.8. The van der Waals surface area contributed by atoms with Gasteiger partial charge < -0.3 is 101 Å². The van der Waals surface area contributed by atoms with Gasteiger partial charge in [0, 0.05) is 143 Å². The Bertz CT molecular complexity index is 4530. The molecule has 0 aliphatic carbocycles. The van der Waals surface area contributed by atoms with Gasteiger partial charge in [-0.2, -0.15) is 0 Å². The van der Waals surface area contributed by atoms with E-state index < -0.39 is 77.1 Å². The molecule has 1 aliphatic rings. The first kappa shape index (κ1) is 64.4. The van der Waals surface area contributed by atoms with Crippen molar-refractivity contribution in [2.75, 3.05) is 55.6 Å². The molecule has 0 unspecified atom stereocenters. The number of rotatable bonds is 2. The molecule has 2 atom stereocenters. The molecule has 94 heavy (non-hydrogen) atoms. The van der Waals surface area contributed by atoms with E-state index in [1.807, 2.05) is 0 Å². The Morgan fingerprint density at radius 2 is 0.713 bits per heavy atom. The summed E-state index contributed by atoms with van der Waals surface area (Å²) in [6, 6.07) is 13.5. The number of benzene rings is 1. The Morgan fingerprint density at radius 1 is 0.394 bits per heavy atom. The van der Waals surface area contributed by atoms with Crippen molar-refractivity contribution in [1.82, 2.24) is 67.4 Å². The van der Waals surface area contributed by atoms with Gasteiger partial charge in [0.25, 0.3) is 53.2 Å². The maximum absolute atomic E-state index is 13.8. The van der Waals surface area contributed by atoms with Gasteiger partial charge in [0.05, 0.1) is 34.5 Å². The molecular weight excluding hydrogens is 1220 g/mol. The maximum atomic E-state index is 13.8. The van der Waals surface area contributed by atoms with E-state index in [-0.39, 0.29) is 123 Å². The van der Waals surface area contributed by atoms with Crippen molar-refractivity contribution in [3.05, 3.63) is 162 Å². The number of fused-ring (bicyclic) bond motifs is 16. The molecule has 11 amide bonds. The molecule has 34 nitrogen and oxygen atoms in total. The van der Waals surface area contributed by atoms with Crippen LogP contribution in [0.3, 0.4) is 0 Å². The number of nitrogens with two attached hydrogens (primary N) is 1. The number of nitrogens with zero attached hydrogens (tertiary/aromatic N) is 11. The Morgan fingerprint density at radius 3 is 1.10 bits per heavy atom. The number of aromatic nitrogens is 11. The topological polar surface area (TPSA) is 424 Å². The number of nitrogens with one attached hydrogen (secondary N) is 11. The van der Waals surface area contributed by atoms with Crippen molar-refractivity contribution >= 4 is 111 Å². The lowest BCUT2D eigenvalue weighted by Gasteiger charge is -2.19. The van der Waals surface area contributed by atoms with Crippen LogP contribution in [-0.4, -0.2) is 142 Å². The summed E-state index contributed by atoms with van der Waals surface area (Å²) >= 11 is 0. The number of hydrogen-bond acceptors (Lipinski definition) is 15. The monoisotopic (exact) mass is 1280 g/mol. The van der Waals surface area contributed by atoms with Gasteiger partial charge in [-0.25, -0.2) is 15.0 Å². The number of carbonyl (C=O) groups is 11. The minimum absolute atomic E-state index is 0.0164. The smallest absolute Gasteiger partial charge is 0.292 e. The third kappa shape index (κ3) is 14.8. The van der Waals surface area contributed by atoms with Gasteiger partial charge in [-0.15, -0.1) is 0 Å². The number of aryl methyl sites for hydroxylation is 8. The van der Waals surface area contributed by atoms with E-state index in [0.717, 1.165) is 0 Å². The fourth-order valence-electron chi connectivity index (χ4n) is 10.2. The molecule has 0 radical (unpaired) electrons. The largest absolute Gasteiger partial charge is 0.349 e. The van der Waals surface area contributed by atoms with Crippen LogP contribution in [0.15, 0.2) is 110 Å². The zero-order valence-electron chi connectivity index (χ0n) is 51.9. The third-order valence-electron chi connectivity index (χ3n) is 14.8. The molecule has 0 spiro atoms. The molecule has 486 valence electrons. The summed E-state index contributed by atoms with van der Waals surface area (Å²) in [5.74, 6) is -7.21. The molecule has 16 bridgehead atoms. The van der Waals surface area contributed by atoms with E-state index in [1.54, 1.807) is 65.6 Å². The van der Waals surface area contributed by atoms with Crippen LogP contribution >= 0.6 is 0 Å². The second-order valence-electron chi connectivity index (χ2n) is 22.3. The number of hydrogen-bond donors (Lipinski definition) is 12. The standard InChI is InChI=1S/C60H65N23O11/c1-76-23-34-15-39(76)53(87)62-21-32(61)14-47(84)70-44-28-82(7)51(73-44)60(94)75-46-30-83(8)50(74-46)59(93)69-38-19-42(79(4)27-38)56(90)66-35-16-40(77(2)24-35)54(88)63-22-33(64-52(86)31-12-10-9-11-13-31)20-48(85)71-45-29-81(6)49(72-45)58(92)68-37-18-43(80(5)26-37)57(91)67-36-17-41(55(89)65-34)78(3)25-36/h9-13,15-19,23-30,32-33H,14,20-22,61H2,1-8H3,(H,62,87)(H,63,88)(H,64,86)(H,65,89)(H,66,90)(H,67,91)(H,68,92)(H,69,93)(H,70,84)(H,71,85)(H,75,94)/t32-,33-/m1/s1. The first-order valence-corrected chi connectivity index (χ1v) is 28.8. The molecular formula is C60H65N23O11. The van der Waals surface area contributed by atoms with E-state index in [0.29, 0.717) is 0 Å². The molecule has 0 saturated heterocycles. The Balaban J connectivity index is 0.856. The summed E-state index contributed by atoms with van der Waals surface area (Å²) in [5, 5.41) is 29.8. The maximum Gasteiger partial charge on any atom is 0.292 e. The lowest BCUT2D eigenvalue weighted by atomic mass is 10.1. The summed E-state index contributed by atoms with van der Waals surface area (Å²) in [6.45, 7) is -0.378. The number of anilines is 8. The molecule has 9 heterocycles. The molecule has 8 aromatic heterocycles. The quantitative estimate of drug-likeness (QED) is 0.118. The van der Waals surface area contributed by atoms with Gasteiger partial charge in [0.15, 0.2) is 17.5 Å². The second kappa shape index (κ2) is 26.8. The van der Waals surface area contributed by atoms with Gasteiger partial charge in [-0.1, -0.05) is 18.2 Å². The predicted molar refractivity (Wildman–Crippen MR) is 341 cm³/mol. The molecule has 1 aliphatic heterocycles. The van der Waals surface area contributed by atoms with Crippen molar-refractivity contribution in [1.29, 1.82) is 0 Å². The number of carbonyl (C=O) groups excluding carboxylic acids is 11. The highest BCUT2D eigenvalue weighted by atomic mass is 16.2. The van der Waals surface area contributed by atoms with E-state index in [1.165, 1.54) is 138 Å². The first-order chi connectivity index (χ1) is 44.7. The normalized spacial score (nSPS) is 16.2. The molecule has 0 saturated carbocycles. The minimum Gasteiger partial charge on any atom is -0.349 e. The van der Waals surface area contributed by atoms with Gasteiger partial charge >= 0.3 is 0 Å². The highest BCUT2D eigenvalue weighted by Gasteiger charge is 2.27. The van der Waals surface area contributed by atoms with Crippen LogP contribution in [0.5, 0.6) is 0 Å². The first-order valence-electron chi connectivity index (χ1n) is 28.8. The summed E-state index contributed by atoms with van der Waals surface area (Å²) in [6.07, 6.45) is 11.1. The molecule has 34 heteroatoms. The molecule has 9 aromatic rings. The zero-order chi connectivity index (χ0) is 67.4. The van der Waals surface area contributed by atoms with Gasteiger partial charge in [0.2, 0.25) is 29.3 Å². The average molecular weight is 1280 g/mol. The van der Waals surface area contributed by atoms with E-state index >= 15 is 0 Å². The summed E-state index contributed by atoms with van der Waals surface area (Å²) in [5.41, 5.74) is 8.33. The van der Waals surface area contributed by atoms with Crippen molar-refractivity contribution in [3.63, 3.8) is 0 Å². The van der Waals surface area contributed by atoms with Crippen LogP contribution in [0.2, 0.25) is 0 Å². The van der Waals surface area contributed by atoms with E-state index in [2.05, 4.69) is 73.4 Å². The van der Waals surface area contributed by atoms with Gasteiger partial charge in [0.1, 0.15) is 28.5 Å². The van der Waals surface area contributed by atoms with Crippen LogP contribution in [0.25, 0.3) is 0 Å². The number of amides is 11. The lowest BCUT2D eigenvalue weighted by molar-refractivity contribution is -0.117. The molecule has 13 N–H and O–H groups in total. The van der Waals surface area contributed by atoms with E-state index in [9.17, 15) is 52.7 Å². The highest BCUT2D eigenvalue weighted by Crippen LogP contribution is 2.23. The second-order valence-corrected chi connectivity index (χ2v) is 22.3. The SMILES string of the molecule is Cn1cc2cc1C(=O)NC[C@H](N)CC(=O)Nc1cn(C)c(n1)C(=O)Nc1cn(C)c(n1)C(=O)Nc1cc(n(C)c1)C(=O)Nc1cc(n(C)c1)C(=O)NC[C@H](NC(=O)c1ccccc1)CC(=O)Nc1cn(C)c(n1)C(=O)Nc1cc(n(C)c1)C(=O)Nc1cc(n(C)c1)C(=O)N2. The van der Waals surface area contributed by atoms with Crippen LogP contribution < -0.4 is 64.2 Å². The predicted octanol–water partition coefficient (Wildman–Crippen LogP) is 2.05. The summed E-state index contributed by atoms with van der Waals surface area (Å²) < 4.78 is 11.5. The zero-order valence-corrected chi connectivity index (χ0v) is 51.9. The van der Waals surface area contributed by atoms with Gasteiger partial charge in [-0.05, 0) is 42.5 Å². The molecule has 0 fully saturated rings. The average Bonchev–Trinajstić information content (AvgIpc) is 1.72. The summed E-state index contributed by atoms with van der Waals surface area (Å²) in [7, 11) is 12.5. The highest BCUT2D eigenvalue weighted by molar-refractivity contribution is 6.10. The minimum atomic E-state index is -0.995. The molecule has 1 aromatic carbocycles. The number of imidazole rings is 3. The Labute approximate surface area is 533 Å². The lowest BCUT2D eigenvalue weighted by Crippen LogP contribution is -2.45. The van der Waals surface area contributed by atoms with Crippen molar-refractivity contribution < 1.29 is 52.7 Å². The van der Waals surface area contributed by atoms with Crippen molar-refractivity contribution in [3.8, 4) is 0 Å². The van der Waals surface area contributed by atoms with Crippen LogP contribution in [0, 0.1) is 0 Å². The molecule has 10 rings (SSSR count). The fourth-order valence-corrected chi connectivity index (χ4v) is 10.2. The Hall–Kier alpha value is -12.6. The van der Waals surface area contributed by atoms with Crippen LogP contribution in [-0.2, 0) is 66.0 Å². The van der Waals surface area contributed by atoms with Crippen molar-refractivity contribution in [2.24, 2.45) is 62.1 Å². The Kier molecular flexibility index (Phi) is 18.4. The van der Waals surface area contributed by atoms with Gasteiger partial charge in [-0.3, -0.25) is 52.7 Å². The van der Waals surface area contributed by atoms with Crippen LogP contribution in [0.1, 0.15) is 107 Å². The summed E-state index contributed by atoms with van der Waals surface area (Å²) in [4.78, 5) is 162. The van der Waals surface area contributed by atoms with Crippen molar-refractivity contribution in [2.45, 2.75) is 24.9 Å². The fraction of sp³-hybridized carbons (Fsp3) is 0.233. The van der Waals surface area contributed by atoms with Crippen LogP contribution in [0.4, 0.5) is 45.9 Å².